The second-order valence-electron chi connectivity index (χ2n) is 8.05. The number of carboxylic acid groups (broad SMARTS) is 1. The number of carbonyl (C=O) groups is 2. The van der Waals surface area contributed by atoms with Crippen molar-refractivity contribution in [1.82, 2.24) is 10.3 Å². The molecular formula is C26H21ClN4O5S. The summed E-state index contributed by atoms with van der Waals surface area (Å²) in [6.07, 6.45) is -0.805. The Labute approximate surface area is 221 Å². The first-order valence-corrected chi connectivity index (χ1v) is 12.6. The largest absolute Gasteiger partial charge is 0.493 e. The minimum Gasteiger partial charge on any atom is -0.493 e. The zero-order chi connectivity index (χ0) is 25.9. The Kier molecular flexibility index (Phi) is 7.02. The molecule has 3 aromatic carbocycles. The second-order valence-corrected chi connectivity index (χ2v) is 9.45. The molecule has 5 rings (SSSR count). The standard InChI is InChI=1S/C26H21ClN4O5S/c1-35-20-8-4-6-18(23(20)36-13-21(32)33)24-28-19-7-3-2-5-17(19)22-25(34)29-26(30-31(22)24)37-14-15-9-11-16(27)12-10-15/h2-12,24H,13-14H2,1H3,(H,32,33)(H,29,30,34). The predicted molar refractivity (Wildman–Crippen MR) is 140 cm³/mol. The molecule has 9 nitrogen and oxygen atoms in total. The summed E-state index contributed by atoms with van der Waals surface area (Å²) in [5, 5.41) is 20.7. The molecule has 37 heavy (non-hydrogen) atoms. The summed E-state index contributed by atoms with van der Waals surface area (Å²) in [5.41, 5.74) is 1.86. The highest BCUT2D eigenvalue weighted by Crippen LogP contribution is 2.40. The maximum absolute atomic E-state index is 13.4. The van der Waals surface area contributed by atoms with Crippen LogP contribution in [0.5, 0.6) is 11.5 Å². The number of hydrazone groups is 1. The lowest BCUT2D eigenvalue weighted by Gasteiger charge is -2.34. The molecule has 2 aliphatic heterocycles. The minimum absolute atomic E-state index is 0.219. The van der Waals surface area contributed by atoms with Gasteiger partial charge in [-0.3, -0.25) is 15.1 Å². The highest BCUT2D eigenvalue weighted by atomic mass is 35.5. The van der Waals surface area contributed by atoms with Crippen LogP contribution in [0.3, 0.4) is 0 Å². The van der Waals surface area contributed by atoms with Crippen LogP contribution in [0.15, 0.2) is 76.8 Å². The minimum atomic E-state index is -1.13. The molecule has 11 heteroatoms. The molecule has 0 radical (unpaired) electrons. The van der Waals surface area contributed by atoms with Gasteiger partial charge in [0.15, 0.2) is 29.4 Å². The van der Waals surface area contributed by atoms with E-state index in [1.807, 2.05) is 48.5 Å². The van der Waals surface area contributed by atoms with Crippen molar-refractivity contribution in [3.8, 4) is 11.5 Å². The number of rotatable bonds is 7. The summed E-state index contributed by atoms with van der Waals surface area (Å²) < 4.78 is 11.1. The maximum Gasteiger partial charge on any atom is 0.341 e. The van der Waals surface area contributed by atoms with Gasteiger partial charge in [-0.05, 0) is 29.8 Å². The van der Waals surface area contributed by atoms with Gasteiger partial charge >= 0.3 is 5.97 Å². The summed E-state index contributed by atoms with van der Waals surface area (Å²) in [4.78, 5) is 29.5. The molecule has 1 unspecified atom stereocenters. The van der Waals surface area contributed by atoms with Gasteiger partial charge in [-0.1, -0.05) is 65.8 Å². The van der Waals surface area contributed by atoms with Crippen molar-refractivity contribution < 1.29 is 24.2 Å². The maximum atomic E-state index is 13.4. The van der Waals surface area contributed by atoms with Crippen LogP contribution >= 0.6 is 23.4 Å². The predicted octanol–water partition coefficient (Wildman–Crippen LogP) is 2.89. The molecule has 0 saturated heterocycles. The molecule has 0 spiro atoms. The van der Waals surface area contributed by atoms with Crippen molar-refractivity contribution in [2.24, 2.45) is 10.1 Å². The van der Waals surface area contributed by atoms with Gasteiger partial charge in [0.05, 0.1) is 12.5 Å². The van der Waals surface area contributed by atoms with E-state index in [1.54, 1.807) is 23.2 Å². The van der Waals surface area contributed by atoms with E-state index in [-0.39, 0.29) is 11.7 Å². The zero-order valence-electron chi connectivity index (χ0n) is 19.6. The van der Waals surface area contributed by atoms with Crippen molar-refractivity contribution in [1.29, 1.82) is 0 Å². The number of amidine groups is 1. The van der Waals surface area contributed by atoms with Gasteiger partial charge in [0, 0.05) is 21.6 Å². The first-order chi connectivity index (χ1) is 17.9. The Morgan fingerprint density at radius 1 is 1.14 bits per heavy atom. The van der Waals surface area contributed by atoms with Crippen LogP contribution in [0.25, 0.3) is 5.70 Å². The fourth-order valence-electron chi connectivity index (χ4n) is 4.01. The number of nitrogens with one attached hydrogen (secondary N) is 1. The Hall–Kier alpha value is -4.02. The summed E-state index contributed by atoms with van der Waals surface area (Å²) in [7, 11) is 1.47. The molecule has 0 aromatic heterocycles. The molecule has 1 amide bonds. The van der Waals surface area contributed by atoms with Gasteiger partial charge in [0.1, 0.15) is 5.70 Å². The fraction of sp³-hybridized carbons (Fsp3) is 0.154. The Balaban J connectivity index is 1.59. The van der Waals surface area contributed by atoms with E-state index in [0.717, 1.165) is 5.56 Å². The van der Waals surface area contributed by atoms with Crippen LogP contribution in [0.2, 0.25) is 5.02 Å². The molecule has 0 saturated carbocycles. The smallest absolute Gasteiger partial charge is 0.341 e. The van der Waals surface area contributed by atoms with Crippen LogP contribution in [0, 0.1) is 0 Å². The van der Waals surface area contributed by atoms with Crippen molar-refractivity contribution >= 4 is 46.1 Å². The number of fused-ring (bicyclic) bond motifs is 2. The average molecular weight is 537 g/mol. The quantitative estimate of drug-likeness (QED) is 0.477. The normalized spacial score (nSPS) is 16.1. The number of thioether (sulfide) groups is 1. The van der Waals surface area contributed by atoms with Gasteiger partial charge < -0.3 is 14.6 Å². The van der Waals surface area contributed by atoms with Crippen LogP contribution in [0.1, 0.15) is 17.3 Å². The number of para-hydroxylation sites is 2. The Morgan fingerprint density at radius 3 is 2.68 bits per heavy atom. The summed E-state index contributed by atoms with van der Waals surface area (Å²) in [6, 6.07) is 19.9. The van der Waals surface area contributed by atoms with E-state index >= 15 is 0 Å². The number of amides is 1. The number of halogens is 1. The number of carboxylic acids is 1. The molecule has 2 heterocycles. The Morgan fingerprint density at radius 2 is 1.92 bits per heavy atom. The van der Waals surface area contributed by atoms with Crippen molar-refractivity contribution in [2.45, 2.75) is 11.9 Å². The first-order valence-electron chi connectivity index (χ1n) is 11.2. The van der Waals surface area contributed by atoms with E-state index in [2.05, 4.69) is 5.32 Å². The molecule has 3 aromatic rings. The van der Waals surface area contributed by atoms with E-state index in [9.17, 15) is 14.7 Å². The molecule has 0 fully saturated rings. The lowest BCUT2D eigenvalue weighted by Crippen LogP contribution is -2.50. The number of nitrogens with zero attached hydrogens (tertiary/aromatic N) is 3. The Bertz CT molecular complexity index is 1530. The zero-order valence-corrected chi connectivity index (χ0v) is 21.1. The van der Waals surface area contributed by atoms with Crippen LogP contribution in [0.4, 0.5) is 0 Å². The number of hydrogen-bond acceptors (Lipinski definition) is 8. The molecule has 188 valence electrons. The van der Waals surface area contributed by atoms with Gasteiger partial charge in [0.25, 0.3) is 5.91 Å². The lowest BCUT2D eigenvalue weighted by atomic mass is 10.1. The van der Waals surface area contributed by atoms with E-state index in [1.165, 1.54) is 18.9 Å². The molecule has 1 atom stereocenters. The molecular weight excluding hydrogens is 516 g/mol. The molecule has 2 aliphatic rings. The van der Waals surface area contributed by atoms with Crippen LogP contribution in [-0.2, 0) is 15.3 Å². The van der Waals surface area contributed by atoms with Crippen molar-refractivity contribution in [2.75, 3.05) is 13.7 Å². The van der Waals surface area contributed by atoms with Gasteiger partial charge in [-0.25, -0.2) is 9.80 Å². The number of benzene rings is 3. The average Bonchev–Trinajstić information content (AvgIpc) is 2.90. The number of hydrogen-bond donors (Lipinski definition) is 2. The number of methoxy groups -OCH3 is 1. The molecule has 2 N–H and O–H groups in total. The summed E-state index contributed by atoms with van der Waals surface area (Å²) >= 11 is 7.35. The second kappa shape index (κ2) is 10.5. The van der Waals surface area contributed by atoms with Crippen LogP contribution in [-0.4, -0.2) is 40.9 Å². The van der Waals surface area contributed by atoms with E-state index in [4.69, 9.17) is 31.2 Å². The third kappa shape index (κ3) is 5.11. The van der Waals surface area contributed by atoms with Crippen molar-refractivity contribution in [3.05, 3.63) is 93.5 Å². The van der Waals surface area contributed by atoms with Crippen molar-refractivity contribution in [3.63, 3.8) is 0 Å². The number of carbonyl (C=O) groups excluding carboxylic acids is 1. The van der Waals surface area contributed by atoms with E-state index < -0.39 is 18.7 Å². The number of aliphatic carboxylic acids is 1. The molecule has 0 aliphatic carbocycles. The summed E-state index contributed by atoms with van der Waals surface area (Å²) in [5.74, 6) is -0.332. The third-order valence-electron chi connectivity index (χ3n) is 5.65. The highest BCUT2D eigenvalue weighted by molar-refractivity contribution is 8.13. The monoisotopic (exact) mass is 536 g/mol. The summed E-state index contributed by atoms with van der Waals surface area (Å²) in [6.45, 7) is -0.570. The lowest BCUT2D eigenvalue weighted by molar-refractivity contribution is -0.139. The third-order valence-corrected chi connectivity index (χ3v) is 6.84. The van der Waals surface area contributed by atoms with Crippen LogP contribution < -0.4 is 25.4 Å². The molecule has 0 bridgehead atoms. The van der Waals surface area contributed by atoms with Gasteiger partial charge in [0.2, 0.25) is 0 Å². The number of ether oxygens (including phenoxy) is 2. The topological polar surface area (TPSA) is 113 Å². The first kappa shape index (κ1) is 24.7. The van der Waals surface area contributed by atoms with E-state index in [0.29, 0.717) is 43.5 Å². The van der Waals surface area contributed by atoms with Gasteiger partial charge in [-0.2, -0.15) is 0 Å². The highest BCUT2D eigenvalue weighted by Gasteiger charge is 2.36. The van der Waals surface area contributed by atoms with Gasteiger partial charge in [-0.15, -0.1) is 5.10 Å². The fourth-order valence-corrected chi connectivity index (χ4v) is 4.94. The SMILES string of the molecule is COc1cccc(C2N=c3ccccc3=C3C(=O)NC(SCc4ccc(Cl)cc4)=NN32)c1OCC(=O)O.